The SMILES string of the molecule is Cc1cccc(N/C=C/C(=O)c2ccccc2)n1. The van der Waals surface area contributed by atoms with Gasteiger partial charge in [-0.25, -0.2) is 4.98 Å². The second-order valence-electron chi connectivity index (χ2n) is 3.87. The van der Waals surface area contributed by atoms with E-state index in [1.54, 1.807) is 18.3 Å². The zero-order valence-corrected chi connectivity index (χ0v) is 10.1. The number of nitrogens with zero attached hydrogens (tertiary/aromatic N) is 1. The molecule has 18 heavy (non-hydrogen) atoms. The number of pyridine rings is 1. The quantitative estimate of drug-likeness (QED) is 0.657. The fourth-order valence-corrected chi connectivity index (χ4v) is 1.52. The van der Waals surface area contributed by atoms with Gasteiger partial charge in [-0.15, -0.1) is 0 Å². The summed E-state index contributed by atoms with van der Waals surface area (Å²) in [6.07, 6.45) is 3.11. The molecule has 0 saturated carbocycles. The number of anilines is 1. The molecule has 1 aromatic heterocycles. The van der Waals surface area contributed by atoms with Gasteiger partial charge in [-0.3, -0.25) is 4.79 Å². The summed E-state index contributed by atoms with van der Waals surface area (Å²) in [4.78, 5) is 16.0. The van der Waals surface area contributed by atoms with Crippen molar-refractivity contribution in [2.24, 2.45) is 0 Å². The molecule has 0 saturated heterocycles. The molecule has 1 N–H and O–H groups in total. The molecular weight excluding hydrogens is 224 g/mol. The number of nitrogens with one attached hydrogen (secondary N) is 1. The van der Waals surface area contributed by atoms with Gasteiger partial charge in [0.2, 0.25) is 0 Å². The van der Waals surface area contributed by atoms with E-state index in [9.17, 15) is 4.79 Å². The number of ketones is 1. The van der Waals surface area contributed by atoms with Crippen LogP contribution in [0.2, 0.25) is 0 Å². The maximum Gasteiger partial charge on any atom is 0.187 e. The van der Waals surface area contributed by atoms with Crippen molar-refractivity contribution < 1.29 is 4.79 Å². The van der Waals surface area contributed by atoms with E-state index in [1.165, 1.54) is 6.08 Å². The molecule has 0 amide bonds. The minimum absolute atomic E-state index is 0.0317. The van der Waals surface area contributed by atoms with Crippen LogP contribution in [0.3, 0.4) is 0 Å². The molecule has 1 aromatic carbocycles. The molecule has 0 aliphatic heterocycles. The van der Waals surface area contributed by atoms with E-state index in [-0.39, 0.29) is 5.78 Å². The van der Waals surface area contributed by atoms with Gasteiger partial charge in [-0.2, -0.15) is 0 Å². The molecule has 3 heteroatoms. The monoisotopic (exact) mass is 238 g/mol. The van der Waals surface area contributed by atoms with Crippen LogP contribution in [-0.2, 0) is 0 Å². The summed E-state index contributed by atoms with van der Waals surface area (Å²) in [6, 6.07) is 14.8. The zero-order chi connectivity index (χ0) is 12.8. The van der Waals surface area contributed by atoms with Crippen molar-refractivity contribution >= 4 is 11.6 Å². The molecule has 0 radical (unpaired) electrons. The molecule has 1 heterocycles. The lowest BCUT2D eigenvalue weighted by Crippen LogP contribution is -1.97. The molecule has 2 rings (SSSR count). The van der Waals surface area contributed by atoms with Crippen LogP contribution < -0.4 is 5.32 Å². The maximum atomic E-state index is 11.8. The van der Waals surface area contributed by atoms with E-state index in [2.05, 4.69) is 10.3 Å². The third-order valence-electron chi connectivity index (χ3n) is 2.41. The van der Waals surface area contributed by atoms with Crippen molar-refractivity contribution in [3.8, 4) is 0 Å². The van der Waals surface area contributed by atoms with Crippen LogP contribution >= 0.6 is 0 Å². The third kappa shape index (κ3) is 3.28. The van der Waals surface area contributed by atoms with Gasteiger partial charge in [0.05, 0.1) is 0 Å². The number of rotatable bonds is 4. The summed E-state index contributed by atoms with van der Waals surface area (Å²) in [5, 5.41) is 2.97. The Kier molecular flexibility index (Phi) is 3.86. The highest BCUT2D eigenvalue weighted by Crippen LogP contribution is 2.04. The van der Waals surface area contributed by atoms with Crippen molar-refractivity contribution in [1.29, 1.82) is 0 Å². The lowest BCUT2D eigenvalue weighted by molar-refractivity contribution is 0.104. The van der Waals surface area contributed by atoms with Gasteiger partial charge in [-0.05, 0) is 19.1 Å². The molecule has 3 nitrogen and oxygen atoms in total. The van der Waals surface area contributed by atoms with E-state index in [4.69, 9.17) is 0 Å². The second-order valence-corrected chi connectivity index (χ2v) is 3.87. The fraction of sp³-hybridized carbons (Fsp3) is 0.0667. The van der Waals surface area contributed by atoms with Gasteiger partial charge >= 0.3 is 0 Å². The first-order valence-corrected chi connectivity index (χ1v) is 5.72. The minimum Gasteiger partial charge on any atom is -0.347 e. The second kappa shape index (κ2) is 5.77. The number of hydrogen-bond acceptors (Lipinski definition) is 3. The van der Waals surface area contributed by atoms with Crippen LogP contribution in [0.4, 0.5) is 5.82 Å². The highest BCUT2D eigenvalue weighted by molar-refractivity contribution is 6.04. The van der Waals surface area contributed by atoms with Crippen molar-refractivity contribution in [1.82, 2.24) is 4.98 Å². The highest BCUT2D eigenvalue weighted by Gasteiger charge is 1.98. The Morgan fingerprint density at radius 3 is 2.61 bits per heavy atom. The fourth-order valence-electron chi connectivity index (χ4n) is 1.52. The average molecular weight is 238 g/mol. The number of carbonyl (C=O) groups is 1. The van der Waals surface area contributed by atoms with Gasteiger partial charge in [0.15, 0.2) is 5.78 Å². The van der Waals surface area contributed by atoms with Gasteiger partial charge in [-0.1, -0.05) is 36.4 Å². The van der Waals surface area contributed by atoms with E-state index < -0.39 is 0 Å². The molecule has 0 aliphatic carbocycles. The number of hydrogen-bond donors (Lipinski definition) is 1. The summed E-state index contributed by atoms with van der Waals surface area (Å²) in [7, 11) is 0. The Balaban J connectivity index is 1.98. The summed E-state index contributed by atoms with van der Waals surface area (Å²) >= 11 is 0. The highest BCUT2D eigenvalue weighted by atomic mass is 16.1. The first-order chi connectivity index (χ1) is 8.75. The molecule has 0 fully saturated rings. The molecule has 0 spiro atoms. The topological polar surface area (TPSA) is 42.0 Å². The molecule has 0 unspecified atom stereocenters. The van der Waals surface area contributed by atoms with Crippen molar-refractivity contribution in [3.05, 3.63) is 72.1 Å². The number of allylic oxidation sites excluding steroid dienone is 1. The molecular formula is C15H14N2O. The summed E-state index contributed by atoms with van der Waals surface area (Å²) < 4.78 is 0. The third-order valence-corrected chi connectivity index (χ3v) is 2.41. The van der Waals surface area contributed by atoms with Crippen molar-refractivity contribution in [2.45, 2.75) is 6.92 Å². The summed E-state index contributed by atoms with van der Waals surface area (Å²) in [6.45, 7) is 1.92. The zero-order valence-electron chi connectivity index (χ0n) is 10.1. The van der Waals surface area contributed by atoms with Crippen LogP contribution in [0.1, 0.15) is 16.1 Å². The molecule has 0 atom stereocenters. The maximum absolute atomic E-state index is 11.8. The van der Waals surface area contributed by atoms with E-state index in [1.807, 2.05) is 43.3 Å². The van der Waals surface area contributed by atoms with Crippen LogP contribution in [0.5, 0.6) is 0 Å². The lowest BCUT2D eigenvalue weighted by Gasteiger charge is -2.00. The number of benzene rings is 1. The van der Waals surface area contributed by atoms with Gasteiger partial charge in [0, 0.05) is 23.5 Å². The van der Waals surface area contributed by atoms with E-state index >= 15 is 0 Å². The molecule has 2 aromatic rings. The Morgan fingerprint density at radius 2 is 1.89 bits per heavy atom. The van der Waals surface area contributed by atoms with Crippen molar-refractivity contribution in [3.63, 3.8) is 0 Å². The Bertz CT molecular complexity index is 562. The largest absolute Gasteiger partial charge is 0.347 e. The Morgan fingerprint density at radius 1 is 1.11 bits per heavy atom. The number of aromatic nitrogens is 1. The molecule has 90 valence electrons. The standard InChI is InChI=1S/C15H14N2O/c1-12-6-5-9-15(17-12)16-11-10-14(18)13-7-3-2-4-8-13/h2-11H,1H3,(H,16,17)/b11-10+. The van der Waals surface area contributed by atoms with Gasteiger partial charge in [0.1, 0.15) is 5.82 Å². The average Bonchev–Trinajstić information content (AvgIpc) is 2.40. The predicted molar refractivity (Wildman–Crippen MR) is 72.5 cm³/mol. The number of carbonyl (C=O) groups excluding carboxylic acids is 1. The van der Waals surface area contributed by atoms with Crippen LogP contribution in [-0.4, -0.2) is 10.8 Å². The summed E-state index contributed by atoms with van der Waals surface area (Å²) in [5.74, 6) is 0.697. The van der Waals surface area contributed by atoms with Crippen molar-refractivity contribution in [2.75, 3.05) is 5.32 Å². The Hall–Kier alpha value is -2.42. The first kappa shape index (κ1) is 12.0. The molecule has 0 bridgehead atoms. The molecule has 0 aliphatic rings. The van der Waals surface area contributed by atoms with Crippen LogP contribution in [0.15, 0.2) is 60.8 Å². The van der Waals surface area contributed by atoms with Crippen LogP contribution in [0, 0.1) is 6.92 Å². The normalized spacial score (nSPS) is 10.5. The van der Waals surface area contributed by atoms with Gasteiger partial charge < -0.3 is 5.32 Å². The smallest absolute Gasteiger partial charge is 0.187 e. The first-order valence-electron chi connectivity index (χ1n) is 5.72. The number of aryl methyl sites for hydroxylation is 1. The van der Waals surface area contributed by atoms with E-state index in [0.717, 1.165) is 11.5 Å². The lowest BCUT2D eigenvalue weighted by atomic mass is 10.1. The predicted octanol–water partition coefficient (Wildman–Crippen LogP) is 3.20. The summed E-state index contributed by atoms with van der Waals surface area (Å²) in [5.41, 5.74) is 1.61. The van der Waals surface area contributed by atoms with Crippen LogP contribution in [0.25, 0.3) is 0 Å². The van der Waals surface area contributed by atoms with Gasteiger partial charge in [0.25, 0.3) is 0 Å². The Labute approximate surface area is 106 Å². The minimum atomic E-state index is -0.0317. The van der Waals surface area contributed by atoms with E-state index in [0.29, 0.717) is 5.56 Å².